The van der Waals surface area contributed by atoms with Gasteiger partial charge in [0.05, 0.1) is 12.0 Å². The Kier molecular flexibility index (Phi) is 7.10. The summed E-state index contributed by atoms with van der Waals surface area (Å²) in [5.41, 5.74) is 2.73. The van der Waals surface area contributed by atoms with E-state index in [0.29, 0.717) is 35.6 Å². The molecule has 9 heteroatoms. The normalized spacial score (nSPS) is 15.7. The molecule has 0 fully saturated rings. The number of fused-ring (bicyclic) bond motifs is 1. The van der Waals surface area contributed by atoms with Gasteiger partial charge in [0.2, 0.25) is 5.91 Å². The quantitative estimate of drug-likeness (QED) is 0.482. The number of nitrogens with two attached hydrogens (primary N) is 1. The van der Waals surface area contributed by atoms with E-state index in [-0.39, 0.29) is 18.4 Å². The highest BCUT2D eigenvalue weighted by atomic mass is 32.2. The number of benzene rings is 2. The van der Waals surface area contributed by atoms with E-state index in [9.17, 15) is 18.8 Å². The fourth-order valence-corrected chi connectivity index (χ4v) is 5.59. The molecule has 0 spiro atoms. The minimum absolute atomic E-state index is 0.122. The van der Waals surface area contributed by atoms with E-state index < -0.39 is 11.6 Å². The van der Waals surface area contributed by atoms with E-state index in [4.69, 9.17) is 5.14 Å². The zero-order valence-electron chi connectivity index (χ0n) is 17.9. The third kappa shape index (κ3) is 5.42. The SMILES string of the molecule is CC1Cc2sc(NC(=O)Cc3ccc(SN)cc3)c(C#N)c2CN1Cc1cc(F)cc(F)c1. The minimum atomic E-state index is -0.606. The third-order valence-corrected chi connectivity index (χ3v) is 7.37. The van der Waals surface area contributed by atoms with Crippen molar-refractivity contribution in [3.63, 3.8) is 0 Å². The maximum absolute atomic E-state index is 13.6. The minimum Gasteiger partial charge on any atom is -0.316 e. The van der Waals surface area contributed by atoms with Gasteiger partial charge in [-0.05, 0) is 60.7 Å². The smallest absolute Gasteiger partial charge is 0.229 e. The molecule has 5 nitrogen and oxygen atoms in total. The highest BCUT2D eigenvalue weighted by molar-refractivity contribution is 7.97. The summed E-state index contributed by atoms with van der Waals surface area (Å²) in [6.07, 6.45) is 0.886. The fourth-order valence-electron chi connectivity index (χ4n) is 4.00. The van der Waals surface area contributed by atoms with E-state index >= 15 is 0 Å². The molecule has 2 heterocycles. The van der Waals surface area contributed by atoms with Gasteiger partial charge >= 0.3 is 0 Å². The van der Waals surface area contributed by atoms with Crippen molar-refractivity contribution in [2.45, 2.75) is 43.8 Å². The number of nitriles is 1. The number of nitrogens with zero attached hydrogens (tertiary/aromatic N) is 2. The van der Waals surface area contributed by atoms with Gasteiger partial charge in [-0.3, -0.25) is 14.8 Å². The van der Waals surface area contributed by atoms with Gasteiger partial charge in [-0.25, -0.2) is 8.78 Å². The van der Waals surface area contributed by atoms with Gasteiger partial charge < -0.3 is 5.32 Å². The molecule has 0 radical (unpaired) electrons. The first kappa shape index (κ1) is 23.4. The lowest BCUT2D eigenvalue weighted by Gasteiger charge is -2.33. The Labute approximate surface area is 199 Å². The van der Waals surface area contributed by atoms with Crippen LogP contribution in [0.4, 0.5) is 13.8 Å². The van der Waals surface area contributed by atoms with E-state index in [1.54, 1.807) is 0 Å². The van der Waals surface area contributed by atoms with Crippen LogP contribution in [0.25, 0.3) is 0 Å². The van der Waals surface area contributed by atoms with Crippen molar-refractivity contribution in [1.29, 1.82) is 5.26 Å². The van der Waals surface area contributed by atoms with Gasteiger partial charge in [-0.1, -0.05) is 12.1 Å². The molecule has 1 aromatic heterocycles. The van der Waals surface area contributed by atoms with Crippen molar-refractivity contribution in [2.75, 3.05) is 5.32 Å². The van der Waals surface area contributed by atoms with Crippen molar-refractivity contribution in [1.82, 2.24) is 4.90 Å². The molecular weight excluding hydrogens is 462 g/mol. The van der Waals surface area contributed by atoms with E-state index in [1.165, 1.54) is 23.5 Å². The van der Waals surface area contributed by atoms with Crippen molar-refractivity contribution >= 4 is 34.2 Å². The highest BCUT2D eigenvalue weighted by Crippen LogP contribution is 2.38. The first-order chi connectivity index (χ1) is 15.9. The number of rotatable bonds is 6. The number of anilines is 1. The predicted molar refractivity (Wildman–Crippen MR) is 127 cm³/mol. The highest BCUT2D eigenvalue weighted by Gasteiger charge is 2.29. The molecule has 0 saturated carbocycles. The van der Waals surface area contributed by atoms with Crippen LogP contribution in [0.2, 0.25) is 0 Å². The Morgan fingerprint density at radius 3 is 2.58 bits per heavy atom. The number of hydrogen-bond donors (Lipinski definition) is 2. The number of halogens is 2. The predicted octanol–water partition coefficient (Wildman–Crippen LogP) is 4.99. The lowest BCUT2D eigenvalue weighted by Crippen LogP contribution is -2.37. The summed E-state index contributed by atoms with van der Waals surface area (Å²) in [6.45, 7) is 2.89. The van der Waals surface area contributed by atoms with Crippen molar-refractivity contribution in [3.8, 4) is 6.07 Å². The zero-order chi connectivity index (χ0) is 23.5. The number of nitrogens with one attached hydrogen (secondary N) is 1. The zero-order valence-corrected chi connectivity index (χ0v) is 19.5. The third-order valence-electron chi connectivity index (χ3n) is 5.65. The van der Waals surface area contributed by atoms with Gasteiger partial charge in [0.1, 0.15) is 22.7 Å². The van der Waals surface area contributed by atoms with Gasteiger partial charge in [0, 0.05) is 40.5 Å². The van der Waals surface area contributed by atoms with Crippen LogP contribution < -0.4 is 10.5 Å². The molecule has 33 heavy (non-hydrogen) atoms. The Balaban J connectivity index is 1.50. The molecule has 0 bridgehead atoms. The van der Waals surface area contributed by atoms with Crippen LogP contribution in [0.1, 0.15) is 34.1 Å². The topological polar surface area (TPSA) is 82.1 Å². The van der Waals surface area contributed by atoms with Crippen LogP contribution in [-0.2, 0) is 30.7 Å². The number of hydrogen-bond acceptors (Lipinski definition) is 6. The summed E-state index contributed by atoms with van der Waals surface area (Å²) in [6, 6.07) is 13.3. The average molecular weight is 485 g/mol. The molecule has 3 N–H and O–H groups in total. The molecule has 1 unspecified atom stereocenters. The number of carbonyl (C=O) groups excluding carboxylic acids is 1. The van der Waals surface area contributed by atoms with Gasteiger partial charge in [0.15, 0.2) is 0 Å². The van der Waals surface area contributed by atoms with Crippen LogP contribution in [0.5, 0.6) is 0 Å². The van der Waals surface area contributed by atoms with E-state index in [2.05, 4.69) is 16.3 Å². The standard InChI is InChI=1S/C24H22F2N4OS2/c1-14-6-22-21(13-30(14)12-16-7-17(25)10-18(26)8-16)20(11-27)24(32-22)29-23(31)9-15-2-4-19(33-28)5-3-15/h2-5,7-8,10,14H,6,9,12-13,28H2,1H3,(H,29,31). The van der Waals surface area contributed by atoms with E-state index in [0.717, 1.165) is 38.9 Å². The average Bonchev–Trinajstić information content (AvgIpc) is 3.09. The molecule has 2 aromatic carbocycles. The van der Waals surface area contributed by atoms with E-state index in [1.807, 2.05) is 31.2 Å². The second kappa shape index (κ2) is 10.0. The maximum atomic E-state index is 13.6. The first-order valence-corrected chi connectivity index (χ1v) is 12.0. The van der Waals surface area contributed by atoms with Crippen LogP contribution >= 0.6 is 23.3 Å². The van der Waals surface area contributed by atoms with Crippen molar-refractivity contribution in [2.24, 2.45) is 5.14 Å². The molecular formula is C24H22F2N4OS2. The summed E-state index contributed by atoms with van der Waals surface area (Å²) in [4.78, 5) is 16.7. The van der Waals surface area contributed by atoms with Gasteiger partial charge in [-0.2, -0.15) is 5.26 Å². The molecule has 3 aromatic rings. The largest absolute Gasteiger partial charge is 0.316 e. The molecule has 1 aliphatic rings. The molecule has 1 amide bonds. The van der Waals surface area contributed by atoms with Crippen molar-refractivity contribution < 1.29 is 13.6 Å². The number of thiophene rings is 1. The second-order valence-corrected chi connectivity index (χ2v) is 9.85. The molecule has 170 valence electrons. The fraction of sp³-hybridized carbons (Fsp3) is 0.250. The Hall–Kier alpha value is -2.77. The Morgan fingerprint density at radius 2 is 1.94 bits per heavy atom. The molecule has 4 rings (SSSR count). The summed E-state index contributed by atoms with van der Waals surface area (Å²) < 4.78 is 27.2. The lowest BCUT2D eigenvalue weighted by atomic mass is 9.99. The summed E-state index contributed by atoms with van der Waals surface area (Å²) in [5.74, 6) is -1.41. The van der Waals surface area contributed by atoms with Crippen LogP contribution in [0.15, 0.2) is 47.4 Å². The Morgan fingerprint density at radius 1 is 1.24 bits per heavy atom. The molecule has 1 atom stereocenters. The van der Waals surface area contributed by atoms with Crippen LogP contribution in [0.3, 0.4) is 0 Å². The summed E-state index contributed by atoms with van der Waals surface area (Å²) in [7, 11) is 0. The monoisotopic (exact) mass is 484 g/mol. The molecule has 1 aliphatic heterocycles. The second-order valence-electron chi connectivity index (χ2n) is 8.04. The first-order valence-electron chi connectivity index (χ1n) is 10.4. The maximum Gasteiger partial charge on any atom is 0.229 e. The molecule has 0 saturated heterocycles. The van der Waals surface area contributed by atoms with Gasteiger partial charge in [-0.15, -0.1) is 11.3 Å². The van der Waals surface area contributed by atoms with Crippen LogP contribution in [0, 0.1) is 23.0 Å². The molecule has 0 aliphatic carbocycles. The lowest BCUT2D eigenvalue weighted by molar-refractivity contribution is -0.115. The Bertz CT molecular complexity index is 1200. The number of carbonyl (C=O) groups is 1. The van der Waals surface area contributed by atoms with Crippen molar-refractivity contribution in [3.05, 3.63) is 81.2 Å². The van der Waals surface area contributed by atoms with Gasteiger partial charge in [0.25, 0.3) is 0 Å². The number of amides is 1. The summed E-state index contributed by atoms with van der Waals surface area (Å²) in [5, 5.41) is 18.8. The summed E-state index contributed by atoms with van der Waals surface area (Å²) >= 11 is 2.57. The van der Waals surface area contributed by atoms with Crippen LogP contribution in [-0.4, -0.2) is 16.8 Å².